The second-order valence-corrected chi connectivity index (χ2v) is 3.95. The van der Waals surface area contributed by atoms with E-state index in [1.54, 1.807) is 0 Å². The van der Waals surface area contributed by atoms with E-state index in [0.29, 0.717) is 0 Å². The Hall–Kier alpha value is -1.67. The molecule has 16 heavy (non-hydrogen) atoms. The predicted octanol–water partition coefficient (Wildman–Crippen LogP) is 3.50. The van der Waals surface area contributed by atoms with Crippen LogP contribution in [0.5, 0.6) is 0 Å². The Morgan fingerprint density at radius 2 is 1.38 bits per heavy atom. The smallest absolute Gasteiger partial charge is 0.113 e. The molecule has 2 rings (SSSR count). The van der Waals surface area contributed by atoms with Crippen molar-refractivity contribution in [1.82, 2.24) is 0 Å². The van der Waals surface area contributed by atoms with Crippen LogP contribution in [0.1, 0.15) is 5.56 Å². The summed E-state index contributed by atoms with van der Waals surface area (Å²) in [5, 5.41) is 0. The zero-order valence-corrected chi connectivity index (χ0v) is 9.95. The monoisotopic (exact) mass is 227 g/mol. The topological polar surface area (TPSA) is 3.24 Å². The Kier molecular flexibility index (Phi) is 3.32. The van der Waals surface area contributed by atoms with Gasteiger partial charge in [-0.2, -0.15) is 0 Å². The van der Waals surface area contributed by atoms with Gasteiger partial charge < -0.3 is 4.90 Å². The van der Waals surface area contributed by atoms with Gasteiger partial charge in [-0.15, -0.1) is 0 Å². The van der Waals surface area contributed by atoms with Crippen LogP contribution in [-0.2, 0) is 0 Å². The average molecular weight is 227 g/mol. The molecule has 0 aromatic heterocycles. The fourth-order valence-corrected chi connectivity index (χ4v) is 1.78. The summed E-state index contributed by atoms with van der Waals surface area (Å²) in [6.07, 6.45) is 0. The largest absolute Gasteiger partial charge is 0.335 e. The van der Waals surface area contributed by atoms with Crippen LogP contribution in [0.2, 0.25) is 0 Å². The molecule has 2 aromatic rings. The van der Waals surface area contributed by atoms with Gasteiger partial charge in [0.25, 0.3) is 0 Å². The van der Waals surface area contributed by atoms with Gasteiger partial charge in [0.2, 0.25) is 0 Å². The summed E-state index contributed by atoms with van der Waals surface area (Å²) in [5.41, 5.74) is 2.18. The molecule has 0 atom stereocenters. The lowest BCUT2D eigenvalue weighted by Crippen LogP contribution is -2.24. The highest BCUT2D eigenvalue weighted by molar-refractivity contribution is 7.81. The second-order valence-electron chi connectivity index (χ2n) is 3.57. The summed E-state index contributed by atoms with van der Waals surface area (Å²) in [6.45, 7) is 0. The van der Waals surface area contributed by atoms with Gasteiger partial charge in [-0.05, 0) is 12.1 Å². The van der Waals surface area contributed by atoms with Crippen molar-refractivity contribution in [2.75, 3.05) is 11.9 Å². The molecular weight excluding hydrogens is 214 g/mol. The zero-order chi connectivity index (χ0) is 11.4. The third-order valence-electron chi connectivity index (χ3n) is 2.47. The maximum absolute atomic E-state index is 5.45. The Balaban J connectivity index is 2.24. The fourth-order valence-electron chi connectivity index (χ4n) is 1.54. The Labute approximate surface area is 101 Å². The van der Waals surface area contributed by atoms with Crippen LogP contribution in [-0.4, -0.2) is 12.0 Å². The molecule has 0 unspecified atom stereocenters. The lowest BCUT2D eigenvalue weighted by atomic mass is 10.2. The van der Waals surface area contributed by atoms with Crippen molar-refractivity contribution in [2.24, 2.45) is 0 Å². The molecule has 0 spiro atoms. The molecule has 0 fully saturated rings. The molecule has 0 N–H and O–H groups in total. The molecule has 0 radical (unpaired) electrons. The van der Waals surface area contributed by atoms with Gasteiger partial charge in [0, 0.05) is 18.3 Å². The lowest BCUT2D eigenvalue weighted by molar-refractivity contribution is 1.28. The van der Waals surface area contributed by atoms with E-state index in [-0.39, 0.29) is 0 Å². The molecule has 1 nitrogen and oxygen atoms in total. The number of nitrogens with zero attached hydrogens (tertiary/aromatic N) is 1. The van der Waals surface area contributed by atoms with Crippen molar-refractivity contribution in [3.8, 4) is 0 Å². The average Bonchev–Trinajstić information content (AvgIpc) is 2.39. The highest BCUT2D eigenvalue weighted by atomic mass is 32.1. The van der Waals surface area contributed by atoms with Crippen molar-refractivity contribution < 1.29 is 0 Å². The zero-order valence-electron chi connectivity index (χ0n) is 9.13. The van der Waals surface area contributed by atoms with E-state index in [1.165, 1.54) is 0 Å². The van der Waals surface area contributed by atoms with Crippen LogP contribution >= 0.6 is 12.2 Å². The van der Waals surface area contributed by atoms with Crippen molar-refractivity contribution in [2.45, 2.75) is 0 Å². The Morgan fingerprint density at radius 1 is 0.875 bits per heavy atom. The normalized spacial score (nSPS) is 9.81. The number of thiocarbonyl (C=S) groups is 1. The first kappa shape index (κ1) is 10.8. The molecule has 0 aliphatic rings. The predicted molar refractivity (Wildman–Crippen MR) is 73.0 cm³/mol. The van der Waals surface area contributed by atoms with Gasteiger partial charge in [0.15, 0.2) is 0 Å². The minimum Gasteiger partial charge on any atom is -0.335 e. The number of hydrogen-bond acceptors (Lipinski definition) is 1. The van der Waals surface area contributed by atoms with E-state index in [1.807, 2.05) is 60.5 Å². The highest BCUT2D eigenvalue weighted by Gasteiger charge is 2.07. The molecule has 2 heteroatoms. The Bertz CT molecular complexity index is 465. The van der Waals surface area contributed by atoms with E-state index in [4.69, 9.17) is 12.2 Å². The second kappa shape index (κ2) is 4.90. The summed E-state index contributed by atoms with van der Waals surface area (Å²) in [5.74, 6) is 0. The van der Waals surface area contributed by atoms with Gasteiger partial charge in [0.05, 0.1) is 0 Å². The number of benzene rings is 2. The molecule has 0 aliphatic carbocycles. The van der Waals surface area contributed by atoms with Crippen molar-refractivity contribution in [3.05, 3.63) is 66.2 Å². The summed E-state index contributed by atoms with van der Waals surface area (Å²) >= 11 is 5.45. The highest BCUT2D eigenvalue weighted by Crippen LogP contribution is 2.15. The SMILES string of the molecule is CN(C(=S)c1ccccc1)c1ccccc1. The first-order chi connectivity index (χ1) is 7.79. The molecule has 0 amide bonds. The maximum atomic E-state index is 5.45. The quantitative estimate of drug-likeness (QED) is 0.722. The summed E-state index contributed by atoms with van der Waals surface area (Å²) in [7, 11) is 1.99. The standard InChI is InChI=1S/C14H13NS/c1-15(13-10-6-3-7-11-13)14(16)12-8-4-2-5-9-12/h2-11H,1H3. The van der Waals surface area contributed by atoms with Crippen LogP contribution in [0.15, 0.2) is 60.7 Å². The molecule has 0 bridgehead atoms. The van der Waals surface area contributed by atoms with Gasteiger partial charge >= 0.3 is 0 Å². The number of para-hydroxylation sites is 1. The van der Waals surface area contributed by atoms with Crippen LogP contribution in [0.3, 0.4) is 0 Å². The number of anilines is 1. The third kappa shape index (κ3) is 2.28. The van der Waals surface area contributed by atoms with E-state index >= 15 is 0 Å². The Morgan fingerprint density at radius 3 is 1.94 bits per heavy atom. The fraction of sp³-hybridized carbons (Fsp3) is 0.0714. The van der Waals surface area contributed by atoms with Crippen LogP contribution in [0, 0.1) is 0 Å². The number of hydrogen-bond donors (Lipinski definition) is 0. The molecule has 2 aromatic carbocycles. The first-order valence-electron chi connectivity index (χ1n) is 5.17. The van der Waals surface area contributed by atoms with Gasteiger partial charge in [-0.25, -0.2) is 0 Å². The van der Waals surface area contributed by atoms with Crippen molar-refractivity contribution in [3.63, 3.8) is 0 Å². The maximum Gasteiger partial charge on any atom is 0.113 e. The molecule has 0 aliphatic heterocycles. The minimum absolute atomic E-state index is 0.840. The van der Waals surface area contributed by atoms with Crippen LogP contribution in [0.25, 0.3) is 0 Å². The van der Waals surface area contributed by atoms with Crippen molar-refractivity contribution in [1.29, 1.82) is 0 Å². The molecule has 0 saturated carbocycles. The van der Waals surface area contributed by atoms with Gasteiger partial charge in [-0.1, -0.05) is 60.7 Å². The van der Waals surface area contributed by atoms with E-state index in [0.717, 1.165) is 16.2 Å². The van der Waals surface area contributed by atoms with E-state index < -0.39 is 0 Å². The summed E-state index contributed by atoms with van der Waals surface area (Å²) in [6, 6.07) is 20.2. The molecule has 0 heterocycles. The first-order valence-corrected chi connectivity index (χ1v) is 5.58. The summed E-state index contributed by atoms with van der Waals surface area (Å²) < 4.78 is 0. The van der Waals surface area contributed by atoms with Crippen LogP contribution in [0.4, 0.5) is 5.69 Å². The molecule has 80 valence electrons. The van der Waals surface area contributed by atoms with Gasteiger partial charge in [0.1, 0.15) is 4.99 Å². The van der Waals surface area contributed by atoms with Crippen LogP contribution < -0.4 is 4.90 Å². The lowest BCUT2D eigenvalue weighted by Gasteiger charge is -2.20. The minimum atomic E-state index is 0.840. The molecular formula is C14H13NS. The third-order valence-corrected chi connectivity index (χ3v) is 2.98. The van der Waals surface area contributed by atoms with E-state index in [9.17, 15) is 0 Å². The number of rotatable bonds is 2. The molecule has 0 saturated heterocycles. The van der Waals surface area contributed by atoms with E-state index in [2.05, 4.69) is 12.1 Å². The van der Waals surface area contributed by atoms with Gasteiger partial charge in [-0.3, -0.25) is 0 Å². The van der Waals surface area contributed by atoms with Crippen molar-refractivity contribution >= 4 is 22.9 Å². The summed E-state index contributed by atoms with van der Waals surface area (Å²) in [4.78, 5) is 2.86.